The van der Waals surface area contributed by atoms with Gasteiger partial charge in [-0.05, 0) is 67.8 Å². The smallest absolute Gasteiger partial charge is 0.193 e. The highest BCUT2D eigenvalue weighted by molar-refractivity contribution is 6.16. The fraction of sp³-hybridized carbons (Fsp3) is 0.0263. The second kappa shape index (κ2) is 8.24. The molecule has 2 aliphatic rings. The van der Waals surface area contributed by atoms with Crippen LogP contribution >= 0.6 is 0 Å². The Kier molecular flexibility index (Phi) is 4.65. The molecule has 6 aromatic carbocycles. The first-order chi connectivity index (χ1) is 19.3. The average molecular weight is 497 g/mol. The minimum Gasteiger partial charge on any atom is -0.289 e. The van der Waals surface area contributed by atoms with Crippen molar-refractivity contribution in [3.63, 3.8) is 0 Å². The number of carbonyl (C=O) groups excluding carboxylic acids is 1. The third-order valence-electron chi connectivity index (χ3n) is 8.50. The van der Waals surface area contributed by atoms with Crippen molar-refractivity contribution >= 4 is 5.78 Å². The van der Waals surface area contributed by atoms with Crippen LogP contribution in [0.1, 0.15) is 38.2 Å². The molecule has 0 heterocycles. The van der Waals surface area contributed by atoms with Crippen LogP contribution in [0.25, 0.3) is 33.4 Å². The van der Waals surface area contributed by atoms with Crippen molar-refractivity contribution in [2.45, 2.75) is 5.41 Å². The van der Waals surface area contributed by atoms with Crippen LogP contribution in [0.2, 0.25) is 0 Å². The van der Waals surface area contributed by atoms with Crippen LogP contribution in [0.3, 0.4) is 0 Å². The quantitative estimate of drug-likeness (QED) is 0.233. The predicted octanol–water partition coefficient (Wildman–Crippen LogP) is 8.93. The van der Waals surface area contributed by atoms with Gasteiger partial charge in [-0.15, -0.1) is 0 Å². The molecule has 0 unspecified atom stereocenters. The van der Waals surface area contributed by atoms with Crippen LogP contribution in [0.5, 0.6) is 0 Å². The Balaban J connectivity index is 1.49. The molecule has 1 nitrogen and oxygen atoms in total. The molecule has 0 bridgehead atoms. The van der Waals surface area contributed by atoms with Gasteiger partial charge in [0.2, 0.25) is 0 Å². The lowest BCUT2D eigenvalue weighted by Gasteiger charge is -2.39. The number of rotatable bonds is 2. The van der Waals surface area contributed by atoms with Crippen LogP contribution in [-0.2, 0) is 5.41 Å². The minimum absolute atomic E-state index is 0.0862. The molecule has 39 heavy (non-hydrogen) atoms. The molecule has 2 aliphatic carbocycles. The van der Waals surface area contributed by atoms with Crippen LogP contribution in [0, 0.1) is 0 Å². The zero-order valence-corrected chi connectivity index (χ0v) is 21.3. The van der Waals surface area contributed by atoms with Gasteiger partial charge < -0.3 is 0 Å². The van der Waals surface area contributed by atoms with Gasteiger partial charge in [0.1, 0.15) is 0 Å². The van der Waals surface area contributed by atoms with Gasteiger partial charge in [-0.2, -0.15) is 0 Å². The summed E-state index contributed by atoms with van der Waals surface area (Å²) in [6.07, 6.45) is 0. The van der Waals surface area contributed by atoms with Crippen LogP contribution < -0.4 is 0 Å². The van der Waals surface area contributed by atoms with Crippen molar-refractivity contribution in [3.05, 3.63) is 179 Å². The van der Waals surface area contributed by atoms with Gasteiger partial charge in [-0.3, -0.25) is 4.79 Å². The molecule has 0 atom stereocenters. The second-order valence-corrected chi connectivity index (χ2v) is 10.4. The zero-order valence-electron chi connectivity index (χ0n) is 21.3. The Morgan fingerprint density at radius 3 is 1.18 bits per heavy atom. The molecule has 0 aliphatic heterocycles. The van der Waals surface area contributed by atoms with Gasteiger partial charge in [-0.1, -0.05) is 133 Å². The van der Waals surface area contributed by atoms with E-state index in [-0.39, 0.29) is 5.78 Å². The monoisotopic (exact) mass is 496 g/mol. The molecule has 0 saturated carbocycles. The fourth-order valence-electron chi connectivity index (χ4n) is 6.84. The summed E-state index contributed by atoms with van der Waals surface area (Å²) in [5.74, 6) is 0.0862. The van der Waals surface area contributed by atoms with E-state index >= 15 is 0 Å². The standard InChI is InChI=1S/C38H24O/c39-37-31-23-27(25-11-3-1-4-12-25)19-21-35(31)38(33-17-9-7-15-29(33)30-16-8-10-18-34(30)38)36-22-20-28(24-32(36)37)26-13-5-2-6-14-26/h1-24H. The number of benzene rings is 6. The normalized spacial score (nSPS) is 13.9. The highest BCUT2D eigenvalue weighted by Gasteiger charge is 2.51. The lowest BCUT2D eigenvalue weighted by molar-refractivity contribution is 0.103. The highest BCUT2D eigenvalue weighted by Crippen LogP contribution is 2.59. The van der Waals surface area contributed by atoms with Gasteiger partial charge in [-0.25, -0.2) is 0 Å². The largest absolute Gasteiger partial charge is 0.289 e. The average Bonchev–Trinajstić information content (AvgIpc) is 3.31. The van der Waals surface area contributed by atoms with E-state index in [1.807, 2.05) is 36.4 Å². The summed E-state index contributed by atoms with van der Waals surface area (Å²) >= 11 is 0. The van der Waals surface area contributed by atoms with E-state index in [9.17, 15) is 4.79 Å². The third kappa shape index (κ3) is 2.99. The summed E-state index contributed by atoms with van der Waals surface area (Å²) in [6, 6.07) is 51.0. The summed E-state index contributed by atoms with van der Waals surface area (Å²) in [5.41, 5.74) is 12.4. The number of fused-ring (bicyclic) bond motifs is 9. The number of hydrogen-bond acceptors (Lipinski definition) is 1. The maximum Gasteiger partial charge on any atom is 0.193 e. The van der Waals surface area contributed by atoms with Crippen LogP contribution in [0.15, 0.2) is 146 Å². The van der Waals surface area contributed by atoms with Crippen molar-refractivity contribution in [1.29, 1.82) is 0 Å². The molecule has 0 fully saturated rings. The summed E-state index contributed by atoms with van der Waals surface area (Å²) in [7, 11) is 0. The molecular formula is C38H24O. The van der Waals surface area contributed by atoms with Crippen molar-refractivity contribution in [3.8, 4) is 33.4 Å². The van der Waals surface area contributed by atoms with Crippen LogP contribution in [0.4, 0.5) is 0 Å². The summed E-state index contributed by atoms with van der Waals surface area (Å²) in [6.45, 7) is 0. The van der Waals surface area contributed by atoms with E-state index < -0.39 is 5.41 Å². The SMILES string of the molecule is O=C1c2cc(-c3ccccc3)ccc2C2(c3ccc(-c4ccccc4)cc31)c1ccccc1-c1ccccc12. The lowest BCUT2D eigenvalue weighted by Crippen LogP contribution is -2.36. The zero-order chi connectivity index (χ0) is 26.0. The van der Waals surface area contributed by atoms with Gasteiger partial charge in [0.05, 0.1) is 5.41 Å². The van der Waals surface area contributed by atoms with Crippen molar-refractivity contribution in [1.82, 2.24) is 0 Å². The van der Waals surface area contributed by atoms with E-state index in [1.54, 1.807) is 0 Å². The Labute approximate surface area is 228 Å². The Morgan fingerprint density at radius 1 is 0.333 bits per heavy atom. The maximum atomic E-state index is 14.4. The Hall–Kier alpha value is -5.01. The lowest BCUT2D eigenvalue weighted by atomic mass is 9.61. The molecule has 0 aromatic heterocycles. The Bertz CT molecular complexity index is 1770. The molecule has 182 valence electrons. The van der Waals surface area contributed by atoms with E-state index in [4.69, 9.17) is 0 Å². The first kappa shape index (κ1) is 22.0. The fourth-order valence-corrected chi connectivity index (χ4v) is 6.84. The van der Waals surface area contributed by atoms with E-state index in [0.29, 0.717) is 0 Å². The summed E-state index contributed by atoms with van der Waals surface area (Å²) in [4.78, 5) is 14.4. The molecule has 0 saturated heterocycles. The van der Waals surface area contributed by atoms with E-state index in [1.165, 1.54) is 22.3 Å². The summed E-state index contributed by atoms with van der Waals surface area (Å²) < 4.78 is 0. The van der Waals surface area contributed by atoms with E-state index in [2.05, 4.69) is 109 Å². The summed E-state index contributed by atoms with van der Waals surface area (Å²) in [5, 5.41) is 0. The molecule has 0 amide bonds. The van der Waals surface area contributed by atoms with Crippen molar-refractivity contribution in [2.24, 2.45) is 0 Å². The Morgan fingerprint density at radius 2 is 0.718 bits per heavy atom. The van der Waals surface area contributed by atoms with E-state index in [0.717, 1.165) is 44.5 Å². The van der Waals surface area contributed by atoms with Crippen molar-refractivity contribution in [2.75, 3.05) is 0 Å². The van der Waals surface area contributed by atoms with Gasteiger partial charge in [0.15, 0.2) is 5.78 Å². The van der Waals surface area contributed by atoms with Crippen molar-refractivity contribution < 1.29 is 4.79 Å². The topological polar surface area (TPSA) is 17.1 Å². The molecule has 0 radical (unpaired) electrons. The molecule has 0 N–H and O–H groups in total. The maximum absolute atomic E-state index is 14.4. The highest BCUT2D eigenvalue weighted by atomic mass is 16.1. The minimum atomic E-state index is -0.559. The first-order valence-corrected chi connectivity index (χ1v) is 13.4. The molecular weight excluding hydrogens is 472 g/mol. The van der Waals surface area contributed by atoms with Gasteiger partial charge in [0.25, 0.3) is 0 Å². The van der Waals surface area contributed by atoms with Gasteiger partial charge >= 0.3 is 0 Å². The van der Waals surface area contributed by atoms with Gasteiger partial charge in [0, 0.05) is 11.1 Å². The number of ketones is 1. The number of hydrogen-bond donors (Lipinski definition) is 0. The van der Waals surface area contributed by atoms with Crippen LogP contribution in [-0.4, -0.2) is 5.78 Å². The predicted molar refractivity (Wildman–Crippen MR) is 158 cm³/mol. The third-order valence-corrected chi connectivity index (χ3v) is 8.50. The first-order valence-electron chi connectivity index (χ1n) is 13.4. The molecule has 6 aromatic rings. The second-order valence-electron chi connectivity index (χ2n) is 10.4. The molecule has 1 spiro atoms. The molecule has 8 rings (SSSR count). The molecule has 1 heteroatoms. The number of carbonyl (C=O) groups is 1.